The molecule has 0 unspecified atom stereocenters. The number of primary amides is 1. The Bertz CT molecular complexity index is 413. The number of hydrogen-bond acceptors (Lipinski definition) is 3. The van der Waals surface area contributed by atoms with Crippen molar-refractivity contribution in [1.29, 1.82) is 0 Å². The molecule has 0 aliphatic carbocycles. The molecule has 0 spiro atoms. The van der Waals surface area contributed by atoms with Gasteiger partial charge in [-0.3, -0.25) is 4.79 Å². The van der Waals surface area contributed by atoms with Crippen LogP contribution in [0.3, 0.4) is 0 Å². The molecule has 1 saturated heterocycles. The van der Waals surface area contributed by atoms with Crippen molar-refractivity contribution in [2.24, 2.45) is 5.73 Å². The Morgan fingerprint density at radius 3 is 2.62 bits per heavy atom. The zero-order valence-corrected chi connectivity index (χ0v) is 9.66. The molecule has 86 valence electrons. The molecular formula is C12H17N3O. The zero-order valence-electron chi connectivity index (χ0n) is 9.66. The maximum absolute atomic E-state index is 11.1. The summed E-state index contributed by atoms with van der Waals surface area (Å²) in [5.74, 6) is -0.364. The zero-order chi connectivity index (χ0) is 11.7. The quantitative estimate of drug-likeness (QED) is 0.778. The van der Waals surface area contributed by atoms with Crippen LogP contribution in [0.1, 0.15) is 15.9 Å². The summed E-state index contributed by atoms with van der Waals surface area (Å²) in [4.78, 5) is 13.3. The van der Waals surface area contributed by atoms with E-state index >= 15 is 0 Å². The van der Waals surface area contributed by atoms with Gasteiger partial charge >= 0.3 is 0 Å². The first kappa shape index (κ1) is 11.0. The van der Waals surface area contributed by atoms with Gasteiger partial charge in [0.25, 0.3) is 0 Å². The van der Waals surface area contributed by atoms with E-state index in [1.165, 1.54) is 0 Å². The summed E-state index contributed by atoms with van der Waals surface area (Å²) in [6.07, 6.45) is 0. The third kappa shape index (κ3) is 1.88. The molecular weight excluding hydrogens is 202 g/mol. The van der Waals surface area contributed by atoms with E-state index < -0.39 is 0 Å². The van der Waals surface area contributed by atoms with E-state index in [0.29, 0.717) is 11.6 Å². The standard InChI is InChI=1S/C12H17N3O/c1-8-5-9(3-4-11(8)12(13)16)15(2)10-6-14-7-10/h3-5,10,14H,6-7H2,1-2H3,(H2,13,16). The molecule has 0 aromatic heterocycles. The summed E-state index contributed by atoms with van der Waals surface area (Å²) in [5.41, 5.74) is 7.94. The molecule has 1 aromatic carbocycles. The van der Waals surface area contributed by atoms with Crippen LogP contribution in [-0.4, -0.2) is 32.1 Å². The van der Waals surface area contributed by atoms with Crippen LogP contribution in [-0.2, 0) is 0 Å². The van der Waals surface area contributed by atoms with Gasteiger partial charge in [0.2, 0.25) is 5.91 Å². The molecule has 1 amide bonds. The van der Waals surface area contributed by atoms with Gasteiger partial charge in [-0.05, 0) is 30.7 Å². The largest absolute Gasteiger partial charge is 0.369 e. The number of benzene rings is 1. The van der Waals surface area contributed by atoms with Crippen LogP contribution in [0, 0.1) is 6.92 Å². The molecule has 1 heterocycles. The van der Waals surface area contributed by atoms with Crippen LogP contribution in [0.2, 0.25) is 0 Å². The van der Waals surface area contributed by atoms with Gasteiger partial charge in [0.15, 0.2) is 0 Å². The van der Waals surface area contributed by atoms with Crippen molar-refractivity contribution in [2.45, 2.75) is 13.0 Å². The van der Waals surface area contributed by atoms with Gasteiger partial charge in [-0.25, -0.2) is 0 Å². The molecule has 4 nitrogen and oxygen atoms in total. The van der Waals surface area contributed by atoms with Crippen LogP contribution in [0.15, 0.2) is 18.2 Å². The van der Waals surface area contributed by atoms with Crippen molar-refractivity contribution in [3.05, 3.63) is 29.3 Å². The predicted molar refractivity (Wildman–Crippen MR) is 64.8 cm³/mol. The Kier molecular flexibility index (Phi) is 2.83. The van der Waals surface area contributed by atoms with Crippen LogP contribution in [0.25, 0.3) is 0 Å². The van der Waals surface area contributed by atoms with E-state index in [4.69, 9.17) is 5.73 Å². The lowest BCUT2D eigenvalue weighted by atomic mass is 10.1. The highest BCUT2D eigenvalue weighted by Crippen LogP contribution is 2.20. The lowest BCUT2D eigenvalue weighted by Crippen LogP contribution is -2.56. The molecule has 0 radical (unpaired) electrons. The minimum atomic E-state index is -0.364. The highest BCUT2D eigenvalue weighted by Gasteiger charge is 2.22. The van der Waals surface area contributed by atoms with Crippen LogP contribution in [0.4, 0.5) is 5.69 Å². The molecule has 0 bridgehead atoms. The van der Waals surface area contributed by atoms with Gasteiger partial charge in [-0.15, -0.1) is 0 Å². The second kappa shape index (κ2) is 4.14. The van der Waals surface area contributed by atoms with Gasteiger partial charge in [-0.2, -0.15) is 0 Å². The summed E-state index contributed by atoms with van der Waals surface area (Å²) in [5, 5.41) is 3.24. The Morgan fingerprint density at radius 2 is 2.19 bits per heavy atom. The molecule has 16 heavy (non-hydrogen) atoms. The number of carbonyl (C=O) groups excluding carboxylic acids is 1. The summed E-state index contributed by atoms with van der Waals surface area (Å²) in [6.45, 7) is 3.96. The molecule has 3 N–H and O–H groups in total. The highest BCUT2D eigenvalue weighted by atomic mass is 16.1. The molecule has 2 rings (SSSR count). The summed E-state index contributed by atoms with van der Waals surface area (Å²) >= 11 is 0. The SMILES string of the molecule is Cc1cc(N(C)C2CNC2)ccc1C(N)=O. The van der Waals surface area contributed by atoms with E-state index in [-0.39, 0.29) is 5.91 Å². The number of hydrogen-bond donors (Lipinski definition) is 2. The molecule has 1 aromatic rings. The number of likely N-dealkylation sites (N-methyl/N-ethyl adjacent to an activating group) is 1. The molecule has 1 aliphatic heterocycles. The third-order valence-corrected chi connectivity index (χ3v) is 3.19. The Morgan fingerprint density at radius 1 is 1.50 bits per heavy atom. The predicted octanol–water partition coefficient (Wildman–Crippen LogP) is 0.502. The van der Waals surface area contributed by atoms with Crippen molar-refractivity contribution in [3.63, 3.8) is 0 Å². The van der Waals surface area contributed by atoms with Crippen molar-refractivity contribution < 1.29 is 4.79 Å². The van der Waals surface area contributed by atoms with Gasteiger partial charge in [0.1, 0.15) is 0 Å². The van der Waals surface area contributed by atoms with E-state index in [0.717, 1.165) is 24.3 Å². The second-order valence-corrected chi connectivity index (χ2v) is 4.29. The van der Waals surface area contributed by atoms with E-state index in [2.05, 4.69) is 17.3 Å². The van der Waals surface area contributed by atoms with Crippen molar-refractivity contribution in [1.82, 2.24) is 5.32 Å². The first-order valence-corrected chi connectivity index (χ1v) is 5.43. The maximum Gasteiger partial charge on any atom is 0.248 e. The monoisotopic (exact) mass is 219 g/mol. The fraction of sp³-hybridized carbons (Fsp3) is 0.417. The van der Waals surface area contributed by atoms with Gasteiger partial charge in [0, 0.05) is 31.4 Å². The second-order valence-electron chi connectivity index (χ2n) is 4.29. The topological polar surface area (TPSA) is 58.4 Å². The number of amides is 1. The average molecular weight is 219 g/mol. The molecule has 4 heteroatoms. The van der Waals surface area contributed by atoms with Gasteiger partial charge in [-0.1, -0.05) is 0 Å². The lowest BCUT2D eigenvalue weighted by Gasteiger charge is -2.37. The maximum atomic E-state index is 11.1. The Hall–Kier alpha value is -1.55. The minimum absolute atomic E-state index is 0.364. The number of nitrogens with two attached hydrogens (primary N) is 1. The van der Waals surface area contributed by atoms with Gasteiger partial charge in [0.05, 0.1) is 6.04 Å². The number of aryl methyl sites for hydroxylation is 1. The number of anilines is 1. The lowest BCUT2D eigenvalue weighted by molar-refractivity contribution is 0.1000. The van der Waals surface area contributed by atoms with E-state index in [9.17, 15) is 4.79 Å². The Labute approximate surface area is 95.4 Å². The van der Waals surface area contributed by atoms with Crippen molar-refractivity contribution in [3.8, 4) is 0 Å². The van der Waals surface area contributed by atoms with E-state index in [1.54, 1.807) is 6.07 Å². The van der Waals surface area contributed by atoms with Gasteiger partial charge < -0.3 is 16.0 Å². The third-order valence-electron chi connectivity index (χ3n) is 3.19. The molecule has 0 saturated carbocycles. The summed E-state index contributed by atoms with van der Waals surface area (Å²) < 4.78 is 0. The number of nitrogens with one attached hydrogen (secondary N) is 1. The first-order valence-electron chi connectivity index (χ1n) is 5.43. The first-order chi connectivity index (χ1) is 7.59. The van der Waals surface area contributed by atoms with Crippen molar-refractivity contribution >= 4 is 11.6 Å². The number of nitrogens with zero attached hydrogens (tertiary/aromatic N) is 1. The smallest absolute Gasteiger partial charge is 0.248 e. The fourth-order valence-electron chi connectivity index (χ4n) is 1.90. The van der Waals surface area contributed by atoms with Crippen LogP contribution < -0.4 is 16.0 Å². The molecule has 0 atom stereocenters. The van der Waals surface area contributed by atoms with E-state index in [1.807, 2.05) is 19.1 Å². The summed E-state index contributed by atoms with van der Waals surface area (Å²) in [7, 11) is 2.07. The minimum Gasteiger partial charge on any atom is -0.369 e. The van der Waals surface area contributed by atoms with Crippen LogP contribution >= 0.6 is 0 Å². The normalized spacial score (nSPS) is 15.6. The summed E-state index contributed by atoms with van der Waals surface area (Å²) in [6, 6.07) is 6.32. The molecule has 1 fully saturated rings. The highest BCUT2D eigenvalue weighted by molar-refractivity contribution is 5.94. The number of rotatable bonds is 3. The number of carbonyl (C=O) groups is 1. The van der Waals surface area contributed by atoms with Crippen molar-refractivity contribution in [2.75, 3.05) is 25.0 Å². The Balaban J connectivity index is 2.22. The average Bonchev–Trinajstić information content (AvgIpc) is 2.14. The fourth-order valence-corrected chi connectivity index (χ4v) is 1.90. The molecule has 1 aliphatic rings. The van der Waals surface area contributed by atoms with Crippen LogP contribution in [0.5, 0.6) is 0 Å².